The van der Waals surface area contributed by atoms with E-state index in [1.165, 1.54) is 31.4 Å². The van der Waals surface area contributed by atoms with E-state index in [0.717, 1.165) is 12.0 Å². The van der Waals surface area contributed by atoms with Gasteiger partial charge in [0.1, 0.15) is 5.82 Å². The molecular formula is C16H23FN4S2. The van der Waals surface area contributed by atoms with Crippen LogP contribution >= 0.6 is 24.4 Å². The first-order valence-electron chi connectivity index (χ1n) is 7.89. The minimum atomic E-state index is -0.246. The Bertz CT molecular complexity index is 535. The van der Waals surface area contributed by atoms with Gasteiger partial charge in [-0.1, -0.05) is 31.9 Å². The molecule has 0 aromatic heterocycles. The first kappa shape index (κ1) is 17.9. The van der Waals surface area contributed by atoms with E-state index in [2.05, 4.69) is 28.4 Å². The SMILES string of the molecule is C[C@H]1CCCC[C@H]1NC(=S)NNC(=S)NCc1ccc(F)cc1. The molecule has 4 N–H and O–H groups in total. The lowest BCUT2D eigenvalue weighted by Crippen LogP contribution is -2.53. The molecule has 0 saturated heterocycles. The highest BCUT2D eigenvalue weighted by molar-refractivity contribution is 7.80. The predicted molar refractivity (Wildman–Crippen MR) is 99.3 cm³/mol. The van der Waals surface area contributed by atoms with E-state index in [-0.39, 0.29) is 5.82 Å². The van der Waals surface area contributed by atoms with Gasteiger partial charge in [-0.05, 0) is 60.9 Å². The molecule has 0 aliphatic heterocycles. The maximum absolute atomic E-state index is 12.8. The summed E-state index contributed by atoms with van der Waals surface area (Å²) in [7, 11) is 0. The third-order valence-electron chi connectivity index (χ3n) is 4.08. The van der Waals surface area contributed by atoms with Gasteiger partial charge in [0.15, 0.2) is 10.2 Å². The van der Waals surface area contributed by atoms with Gasteiger partial charge >= 0.3 is 0 Å². The van der Waals surface area contributed by atoms with Gasteiger partial charge in [-0.25, -0.2) is 4.39 Å². The molecule has 0 bridgehead atoms. The molecule has 2 rings (SSSR count). The van der Waals surface area contributed by atoms with Crippen molar-refractivity contribution in [1.82, 2.24) is 21.5 Å². The highest BCUT2D eigenvalue weighted by Crippen LogP contribution is 2.23. The van der Waals surface area contributed by atoms with E-state index in [9.17, 15) is 4.39 Å². The van der Waals surface area contributed by atoms with Crippen LogP contribution in [0.3, 0.4) is 0 Å². The van der Waals surface area contributed by atoms with Crippen LogP contribution in [0.25, 0.3) is 0 Å². The summed E-state index contributed by atoms with van der Waals surface area (Å²) in [6, 6.07) is 6.71. The first-order valence-corrected chi connectivity index (χ1v) is 8.71. The summed E-state index contributed by atoms with van der Waals surface area (Å²) in [5.74, 6) is 0.386. The second-order valence-electron chi connectivity index (χ2n) is 5.90. The van der Waals surface area contributed by atoms with E-state index in [1.54, 1.807) is 12.1 Å². The minimum absolute atomic E-state index is 0.246. The average molecular weight is 355 g/mol. The number of rotatable bonds is 3. The third-order valence-corrected chi connectivity index (χ3v) is 4.55. The normalized spacial score (nSPS) is 20.4. The van der Waals surface area contributed by atoms with Crippen LogP contribution < -0.4 is 21.5 Å². The highest BCUT2D eigenvalue weighted by atomic mass is 32.1. The van der Waals surface area contributed by atoms with E-state index in [4.69, 9.17) is 24.4 Å². The summed E-state index contributed by atoms with van der Waals surface area (Å²) < 4.78 is 12.8. The molecule has 0 heterocycles. The van der Waals surface area contributed by atoms with Crippen molar-refractivity contribution in [2.24, 2.45) is 5.92 Å². The quantitative estimate of drug-likeness (QED) is 0.495. The Morgan fingerprint density at radius 1 is 1.09 bits per heavy atom. The van der Waals surface area contributed by atoms with Crippen molar-refractivity contribution >= 4 is 34.7 Å². The molecule has 1 aliphatic rings. The Balaban J connectivity index is 1.65. The van der Waals surface area contributed by atoms with Crippen molar-refractivity contribution in [3.8, 4) is 0 Å². The molecular weight excluding hydrogens is 331 g/mol. The van der Waals surface area contributed by atoms with Crippen molar-refractivity contribution in [1.29, 1.82) is 0 Å². The molecule has 0 amide bonds. The van der Waals surface area contributed by atoms with Gasteiger partial charge in [-0.2, -0.15) is 0 Å². The Kier molecular flexibility index (Phi) is 6.98. The van der Waals surface area contributed by atoms with Crippen molar-refractivity contribution in [3.05, 3.63) is 35.6 Å². The molecule has 1 fully saturated rings. The number of halogens is 1. The molecule has 0 spiro atoms. The Hall–Kier alpha value is -1.47. The van der Waals surface area contributed by atoms with E-state index < -0.39 is 0 Å². The zero-order valence-corrected chi connectivity index (χ0v) is 14.8. The van der Waals surface area contributed by atoms with Crippen LogP contribution in [0.2, 0.25) is 0 Å². The molecule has 2 atom stereocenters. The fraction of sp³-hybridized carbons (Fsp3) is 0.500. The van der Waals surface area contributed by atoms with Crippen LogP contribution in [0, 0.1) is 11.7 Å². The summed E-state index contributed by atoms with van der Waals surface area (Å²) >= 11 is 10.5. The molecule has 1 aliphatic carbocycles. The summed E-state index contributed by atoms with van der Waals surface area (Å²) in [5, 5.41) is 7.36. The van der Waals surface area contributed by atoms with E-state index in [0.29, 0.717) is 28.7 Å². The second kappa shape index (κ2) is 8.98. The monoisotopic (exact) mass is 354 g/mol. The van der Waals surface area contributed by atoms with Gasteiger partial charge in [-0.15, -0.1) is 0 Å². The first-order chi connectivity index (χ1) is 11.0. The van der Waals surface area contributed by atoms with E-state index >= 15 is 0 Å². The molecule has 1 aromatic rings. The maximum atomic E-state index is 12.8. The van der Waals surface area contributed by atoms with Crippen LogP contribution in [0.1, 0.15) is 38.2 Å². The van der Waals surface area contributed by atoms with Gasteiger partial charge in [0, 0.05) is 12.6 Å². The molecule has 23 heavy (non-hydrogen) atoms. The third kappa shape index (κ3) is 6.27. The fourth-order valence-electron chi connectivity index (χ4n) is 2.68. The highest BCUT2D eigenvalue weighted by Gasteiger charge is 2.21. The number of hydrogen-bond donors (Lipinski definition) is 4. The summed E-state index contributed by atoms with van der Waals surface area (Å²) in [6.45, 7) is 2.77. The van der Waals surface area contributed by atoms with Gasteiger partial charge in [0.2, 0.25) is 0 Å². The van der Waals surface area contributed by atoms with Crippen LogP contribution in [-0.2, 0) is 6.54 Å². The smallest absolute Gasteiger partial charge is 0.185 e. The van der Waals surface area contributed by atoms with Crippen LogP contribution in [-0.4, -0.2) is 16.3 Å². The molecule has 126 valence electrons. The Morgan fingerprint density at radius 2 is 1.74 bits per heavy atom. The topological polar surface area (TPSA) is 48.1 Å². The van der Waals surface area contributed by atoms with Gasteiger partial charge in [0.05, 0.1) is 0 Å². The van der Waals surface area contributed by atoms with Gasteiger partial charge in [0.25, 0.3) is 0 Å². The van der Waals surface area contributed by atoms with Crippen molar-refractivity contribution in [2.45, 2.75) is 45.2 Å². The van der Waals surface area contributed by atoms with Crippen molar-refractivity contribution < 1.29 is 4.39 Å². The number of thiocarbonyl (C=S) groups is 2. The second-order valence-corrected chi connectivity index (χ2v) is 6.72. The largest absolute Gasteiger partial charge is 0.358 e. The summed E-state index contributed by atoms with van der Waals surface area (Å²) in [5.41, 5.74) is 6.71. The number of benzene rings is 1. The zero-order valence-electron chi connectivity index (χ0n) is 13.2. The lowest BCUT2D eigenvalue weighted by Gasteiger charge is -2.30. The van der Waals surface area contributed by atoms with Crippen LogP contribution in [0.15, 0.2) is 24.3 Å². The fourth-order valence-corrected chi connectivity index (χ4v) is 3.00. The summed E-state index contributed by atoms with van der Waals surface area (Å²) in [4.78, 5) is 0. The summed E-state index contributed by atoms with van der Waals surface area (Å²) in [6.07, 6.45) is 4.94. The lowest BCUT2D eigenvalue weighted by molar-refractivity contribution is 0.308. The van der Waals surface area contributed by atoms with E-state index in [1.807, 2.05) is 0 Å². The predicted octanol–water partition coefficient (Wildman–Crippen LogP) is 2.75. The lowest BCUT2D eigenvalue weighted by atomic mass is 9.86. The van der Waals surface area contributed by atoms with Crippen molar-refractivity contribution in [2.75, 3.05) is 0 Å². The zero-order chi connectivity index (χ0) is 16.7. The van der Waals surface area contributed by atoms with Gasteiger partial charge < -0.3 is 10.6 Å². The Morgan fingerprint density at radius 3 is 2.43 bits per heavy atom. The molecule has 1 aromatic carbocycles. The Labute approximate surface area is 147 Å². The molecule has 7 heteroatoms. The van der Waals surface area contributed by atoms with Gasteiger partial charge in [-0.3, -0.25) is 10.9 Å². The minimum Gasteiger partial charge on any atom is -0.358 e. The molecule has 1 saturated carbocycles. The average Bonchev–Trinajstić information content (AvgIpc) is 2.54. The number of nitrogens with one attached hydrogen (secondary N) is 4. The van der Waals surface area contributed by atoms with Crippen LogP contribution in [0.4, 0.5) is 4.39 Å². The maximum Gasteiger partial charge on any atom is 0.185 e. The van der Waals surface area contributed by atoms with Crippen LogP contribution in [0.5, 0.6) is 0 Å². The van der Waals surface area contributed by atoms with Crippen molar-refractivity contribution in [3.63, 3.8) is 0 Å². The standard InChI is InChI=1S/C16H23FN4S2/c1-11-4-2-3-5-14(11)19-16(23)21-20-15(22)18-10-12-6-8-13(17)9-7-12/h6-9,11,14H,2-5,10H2,1H3,(H2,18,20,22)(H2,19,21,23)/t11-,14+/m0/s1. The number of hydrazine groups is 1. The number of hydrogen-bond acceptors (Lipinski definition) is 2. The molecule has 0 unspecified atom stereocenters. The molecule has 0 radical (unpaired) electrons. The molecule has 4 nitrogen and oxygen atoms in total.